The normalized spacial score (nSPS) is 20.3. The highest BCUT2D eigenvalue weighted by molar-refractivity contribution is 6.29. The van der Waals surface area contributed by atoms with Crippen molar-refractivity contribution in [1.82, 2.24) is 24.7 Å². The topological polar surface area (TPSA) is 91.0 Å². The van der Waals surface area contributed by atoms with Gasteiger partial charge in [0, 0.05) is 82.1 Å². The Balaban J connectivity index is 1.52. The van der Waals surface area contributed by atoms with Crippen LogP contribution in [0.4, 0.5) is 4.79 Å². The monoisotopic (exact) mass is 457 g/mol. The van der Waals surface area contributed by atoms with E-state index in [-0.39, 0.29) is 18.1 Å². The van der Waals surface area contributed by atoms with E-state index in [1.807, 2.05) is 17.0 Å². The molecule has 0 aliphatic carbocycles. The number of aromatic nitrogens is 2. The van der Waals surface area contributed by atoms with Gasteiger partial charge in [0.25, 0.3) is 0 Å². The Morgan fingerprint density at radius 3 is 2.66 bits per heavy atom. The molecule has 2 atom stereocenters. The van der Waals surface area contributed by atoms with Crippen LogP contribution in [0.1, 0.15) is 25.8 Å². The van der Waals surface area contributed by atoms with E-state index < -0.39 is 0 Å². The molecule has 0 aromatic carbocycles. The van der Waals surface area contributed by atoms with Crippen molar-refractivity contribution in [3.05, 3.63) is 41.3 Å². The molecule has 0 radical (unpaired) electrons. The number of amides is 2. The van der Waals surface area contributed by atoms with E-state index >= 15 is 0 Å². The molecule has 8 nitrogen and oxygen atoms in total. The van der Waals surface area contributed by atoms with Crippen LogP contribution in [0.5, 0.6) is 0 Å². The lowest BCUT2D eigenvalue weighted by Gasteiger charge is -2.45. The Labute approximate surface area is 194 Å². The average molecular weight is 458 g/mol. The van der Waals surface area contributed by atoms with Crippen molar-refractivity contribution in [2.24, 2.45) is 10.7 Å². The maximum absolute atomic E-state index is 12.4. The number of urea groups is 1. The molecule has 2 amide bonds. The SMILES string of the molecule is C[C@@H]1CN(CCCN=CC(=CN)c2cnc3ccc(Cl)nc3c2)C[C@H](C)N1C(=O)N(C)C. The van der Waals surface area contributed by atoms with Gasteiger partial charge in [-0.2, -0.15) is 0 Å². The van der Waals surface area contributed by atoms with Gasteiger partial charge in [-0.1, -0.05) is 11.6 Å². The number of nitrogens with zero attached hydrogens (tertiary/aromatic N) is 6. The third kappa shape index (κ3) is 5.75. The number of nitrogens with two attached hydrogens (primary N) is 1. The highest BCUT2D eigenvalue weighted by Crippen LogP contribution is 2.19. The molecule has 0 saturated carbocycles. The number of pyridine rings is 2. The second kappa shape index (κ2) is 10.7. The van der Waals surface area contributed by atoms with Gasteiger partial charge < -0.3 is 15.5 Å². The number of hydrogen-bond donors (Lipinski definition) is 1. The number of aliphatic imine (C=N–C) groups is 1. The number of hydrogen-bond acceptors (Lipinski definition) is 6. The predicted octanol–water partition coefficient (Wildman–Crippen LogP) is 3.12. The van der Waals surface area contributed by atoms with Gasteiger partial charge in [0.05, 0.1) is 11.0 Å². The first-order valence-corrected chi connectivity index (χ1v) is 11.2. The van der Waals surface area contributed by atoms with E-state index in [1.54, 1.807) is 37.5 Å². The Hall–Kier alpha value is -2.71. The Morgan fingerprint density at radius 1 is 1.28 bits per heavy atom. The number of allylic oxidation sites excluding steroid dienone is 1. The van der Waals surface area contributed by atoms with E-state index in [0.717, 1.165) is 48.2 Å². The van der Waals surface area contributed by atoms with E-state index in [2.05, 4.69) is 33.7 Å². The number of carbonyl (C=O) groups excluding carboxylic acids is 1. The minimum atomic E-state index is 0.0796. The highest BCUT2D eigenvalue weighted by Gasteiger charge is 2.33. The van der Waals surface area contributed by atoms with E-state index in [9.17, 15) is 4.79 Å². The molecule has 2 N–H and O–H groups in total. The van der Waals surface area contributed by atoms with Crippen LogP contribution in [0.2, 0.25) is 5.15 Å². The summed E-state index contributed by atoms with van der Waals surface area (Å²) in [5.74, 6) is 0. The van der Waals surface area contributed by atoms with Crippen molar-refractivity contribution in [2.45, 2.75) is 32.4 Å². The van der Waals surface area contributed by atoms with Crippen molar-refractivity contribution in [2.75, 3.05) is 40.3 Å². The summed E-state index contributed by atoms with van der Waals surface area (Å²) in [6, 6.07) is 5.93. The Morgan fingerprint density at radius 2 is 2.00 bits per heavy atom. The Kier molecular flexibility index (Phi) is 8.04. The van der Waals surface area contributed by atoms with Gasteiger partial charge in [0.15, 0.2) is 0 Å². The molecular formula is C23H32ClN7O. The first-order valence-electron chi connectivity index (χ1n) is 10.9. The molecule has 2 aromatic rings. The zero-order chi connectivity index (χ0) is 23.3. The lowest BCUT2D eigenvalue weighted by molar-refractivity contribution is 0.0532. The first kappa shape index (κ1) is 23.9. The van der Waals surface area contributed by atoms with Gasteiger partial charge in [-0.15, -0.1) is 0 Å². The number of rotatable bonds is 6. The van der Waals surface area contributed by atoms with Crippen molar-refractivity contribution >= 4 is 40.5 Å². The van der Waals surface area contributed by atoms with Crippen LogP contribution in [-0.4, -0.2) is 89.3 Å². The number of fused-ring (bicyclic) bond motifs is 1. The summed E-state index contributed by atoms with van der Waals surface area (Å²) in [6.45, 7) is 7.61. The summed E-state index contributed by atoms with van der Waals surface area (Å²) in [7, 11) is 3.60. The van der Waals surface area contributed by atoms with Crippen molar-refractivity contribution < 1.29 is 4.79 Å². The first-order chi connectivity index (χ1) is 15.3. The predicted molar refractivity (Wildman–Crippen MR) is 131 cm³/mol. The van der Waals surface area contributed by atoms with Crippen LogP contribution in [0, 0.1) is 0 Å². The van der Waals surface area contributed by atoms with Gasteiger partial charge >= 0.3 is 6.03 Å². The molecule has 0 bridgehead atoms. The lowest BCUT2D eigenvalue weighted by atomic mass is 10.1. The Bertz CT molecular complexity index is 995. The average Bonchev–Trinajstić information content (AvgIpc) is 2.75. The maximum Gasteiger partial charge on any atom is 0.320 e. The molecule has 0 spiro atoms. The third-order valence-corrected chi connectivity index (χ3v) is 5.82. The number of halogens is 1. The summed E-state index contributed by atoms with van der Waals surface area (Å²) in [5.41, 5.74) is 8.97. The summed E-state index contributed by atoms with van der Waals surface area (Å²) < 4.78 is 0. The molecule has 1 aliphatic heterocycles. The third-order valence-electron chi connectivity index (χ3n) is 5.61. The van der Waals surface area contributed by atoms with Crippen molar-refractivity contribution in [3.8, 4) is 0 Å². The molecular weight excluding hydrogens is 426 g/mol. The van der Waals surface area contributed by atoms with Gasteiger partial charge in [-0.05, 0) is 38.5 Å². The minimum Gasteiger partial charge on any atom is -0.404 e. The van der Waals surface area contributed by atoms with E-state index in [4.69, 9.17) is 17.3 Å². The van der Waals surface area contributed by atoms with Crippen LogP contribution < -0.4 is 5.73 Å². The van der Waals surface area contributed by atoms with E-state index in [0.29, 0.717) is 11.7 Å². The maximum atomic E-state index is 12.4. The zero-order valence-electron chi connectivity index (χ0n) is 19.2. The second-order valence-electron chi connectivity index (χ2n) is 8.45. The summed E-state index contributed by atoms with van der Waals surface area (Å²) in [6.07, 6.45) is 6.01. The van der Waals surface area contributed by atoms with Crippen molar-refractivity contribution in [1.29, 1.82) is 0 Å². The number of carbonyl (C=O) groups is 1. The molecule has 2 aromatic heterocycles. The second-order valence-corrected chi connectivity index (χ2v) is 8.84. The summed E-state index contributed by atoms with van der Waals surface area (Å²) in [4.78, 5) is 31.7. The molecule has 9 heteroatoms. The fourth-order valence-corrected chi connectivity index (χ4v) is 4.28. The van der Waals surface area contributed by atoms with Crippen LogP contribution >= 0.6 is 11.6 Å². The van der Waals surface area contributed by atoms with Crippen LogP contribution in [0.25, 0.3) is 16.6 Å². The molecule has 0 unspecified atom stereocenters. The molecule has 172 valence electrons. The van der Waals surface area contributed by atoms with Crippen LogP contribution in [0.3, 0.4) is 0 Å². The molecule has 1 aliphatic rings. The van der Waals surface area contributed by atoms with E-state index in [1.165, 1.54) is 6.20 Å². The molecule has 32 heavy (non-hydrogen) atoms. The fourth-order valence-electron chi connectivity index (χ4n) is 4.12. The smallest absolute Gasteiger partial charge is 0.320 e. The fraction of sp³-hybridized carbons (Fsp3) is 0.478. The van der Waals surface area contributed by atoms with Gasteiger partial charge in [-0.25, -0.2) is 9.78 Å². The summed E-state index contributed by atoms with van der Waals surface area (Å²) >= 11 is 5.99. The van der Waals surface area contributed by atoms with Gasteiger partial charge in [0.2, 0.25) is 0 Å². The lowest BCUT2D eigenvalue weighted by Crippen LogP contribution is -2.60. The zero-order valence-corrected chi connectivity index (χ0v) is 20.0. The van der Waals surface area contributed by atoms with Crippen LogP contribution in [0.15, 0.2) is 35.6 Å². The molecule has 1 saturated heterocycles. The van der Waals surface area contributed by atoms with Crippen LogP contribution in [-0.2, 0) is 0 Å². The largest absolute Gasteiger partial charge is 0.404 e. The van der Waals surface area contributed by atoms with Crippen molar-refractivity contribution in [3.63, 3.8) is 0 Å². The minimum absolute atomic E-state index is 0.0796. The highest BCUT2D eigenvalue weighted by atomic mass is 35.5. The van der Waals surface area contributed by atoms with Gasteiger partial charge in [0.1, 0.15) is 5.15 Å². The summed E-state index contributed by atoms with van der Waals surface area (Å²) in [5, 5.41) is 0.430. The quantitative estimate of drug-likeness (QED) is 0.409. The molecule has 3 heterocycles. The van der Waals surface area contributed by atoms with Gasteiger partial charge in [-0.3, -0.25) is 14.9 Å². The molecule has 3 rings (SSSR count). The molecule has 1 fully saturated rings. The standard InChI is InChI=1S/C23H32ClN7O/c1-16-14-30(15-17(2)31(16)23(32)29(3)4)9-5-8-26-12-19(11-25)18-10-21-20(27-13-18)6-7-22(24)28-21/h6-7,10-13,16-17H,5,8-9,14-15,25H2,1-4H3/t16-,17+. The number of piperazine rings is 1.